The second-order valence-electron chi connectivity index (χ2n) is 5.49. The molecular formula is C17H34O5-2. The second kappa shape index (κ2) is 18.2. The summed E-state index contributed by atoms with van der Waals surface area (Å²) >= 11 is 0. The number of carbonyl (C=O) groups excluding carboxylic acids is 1. The highest BCUT2D eigenvalue weighted by Crippen LogP contribution is 2.15. The molecule has 0 aliphatic rings. The SMILES string of the molecule is CCCCCC(CC)OOC(CC)CCCCC.O=C([O-])[O-]. The van der Waals surface area contributed by atoms with Gasteiger partial charge in [0, 0.05) is 0 Å². The van der Waals surface area contributed by atoms with Gasteiger partial charge in [0.1, 0.15) is 0 Å². The van der Waals surface area contributed by atoms with Gasteiger partial charge in [-0.1, -0.05) is 66.2 Å². The minimum atomic E-state index is -2.33. The summed E-state index contributed by atoms with van der Waals surface area (Å²) in [7, 11) is 0. The van der Waals surface area contributed by atoms with Crippen molar-refractivity contribution in [3.05, 3.63) is 0 Å². The summed E-state index contributed by atoms with van der Waals surface area (Å²) in [5.41, 5.74) is 0. The Kier molecular flexibility index (Phi) is 19.4. The fourth-order valence-electron chi connectivity index (χ4n) is 2.04. The minimum Gasteiger partial charge on any atom is -0.652 e. The summed E-state index contributed by atoms with van der Waals surface area (Å²) in [4.78, 5) is 19.6. The van der Waals surface area contributed by atoms with E-state index in [9.17, 15) is 0 Å². The highest BCUT2D eigenvalue weighted by Gasteiger charge is 2.12. The molecule has 134 valence electrons. The molecule has 0 radical (unpaired) electrons. The van der Waals surface area contributed by atoms with Crippen LogP contribution in [0, 0.1) is 0 Å². The van der Waals surface area contributed by atoms with Crippen LogP contribution in [-0.4, -0.2) is 18.4 Å². The van der Waals surface area contributed by atoms with Gasteiger partial charge in [-0.25, -0.2) is 9.78 Å². The number of rotatable bonds is 13. The van der Waals surface area contributed by atoms with Crippen LogP contribution in [0.15, 0.2) is 0 Å². The lowest BCUT2D eigenvalue weighted by Gasteiger charge is -2.20. The molecule has 0 heterocycles. The Morgan fingerprint density at radius 1 is 0.773 bits per heavy atom. The van der Waals surface area contributed by atoms with E-state index in [1.54, 1.807) is 0 Å². The zero-order valence-electron chi connectivity index (χ0n) is 14.8. The van der Waals surface area contributed by atoms with Crippen LogP contribution in [0.3, 0.4) is 0 Å². The quantitative estimate of drug-likeness (QED) is 0.296. The molecule has 0 fully saturated rings. The summed E-state index contributed by atoms with van der Waals surface area (Å²) in [5.74, 6) is 0. The lowest BCUT2D eigenvalue weighted by atomic mass is 10.1. The molecule has 22 heavy (non-hydrogen) atoms. The maximum atomic E-state index is 8.33. The molecule has 0 bridgehead atoms. The Morgan fingerprint density at radius 2 is 1.09 bits per heavy atom. The molecule has 5 heteroatoms. The summed E-state index contributed by atoms with van der Waals surface area (Å²) in [6, 6.07) is 0. The summed E-state index contributed by atoms with van der Waals surface area (Å²) in [5, 5.41) is 16.7. The molecule has 0 N–H and O–H groups in total. The lowest BCUT2D eigenvalue weighted by Crippen LogP contribution is -2.37. The van der Waals surface area contributed by atoms with E-state index in [-0.39, 0.29) is 12.2 Å². The first-order valence-corrected chi connectivity index (χ1v) is 8.71. The van der Waals surface area contributed by atoms with Crippen molar-refractivity contribution in [2.45, 2.75) is 104 Å². The molecule has 0 aliphatic heterocycles. The number of hydrogen-bond acceptors (Lipinski definition) is 5. The van der Waals surface area contributed by atoms with E-state index >= 15 is 0 Å². The van der Waals surface area contributed by atoms with Crippen molar-refractivity contribution in [3.63, 3.8) is 0 Å². The van der Waals surface area contributed by atoms with Gasteiger partial charge in [0.15, 0.2) is 0 Å². The molecule has 0 aromatic carbocycles. The molecule has 0 aromatic heterocycles. The van der Waals surface area contributed by atoms with E-state index in [1.165, 1.54) is 38.5 Å². The Hall–Kier alpha value is -0.810. The number of carbonyl (C=O) groups is 1. The first kappa shape index (κ1) is 23.5. The predicted octanol–water partition coefficient (Wildman–Crippen LogP) is 3.21. The fraction of sp³-hybridized carbons (Fsp3) is 0.941. The van der Waals surface area contributed by atoms with Crippen LogP contribution in [0.4, 0.5) is 4.79 Å². The van der Waals surface area contributed by atoms with Crippen LogP contribution >= 0.6 is 0 Å². The zero-order chi connectivity index (χ0) is 17.2. The third-order valence-corrected chi connectivity index (χ3v) is 3.50. The fourth-order valence-corrected chi connectivity index (χ4v) is 2.04. The highest BCUT2D eigenvalue weighted by atomic mass is 17.2. The van der Waals surface area contributed by atoms with Crippen molar-refractivity contribution in [2.24, 2.45) is 0 Å². The van der Waals surface area contributed by atoms with Crippen molar-refractivity contribution in [1.29, 1.82) is 0 Å². The van der Waals surface area contributed by atoms with Gasteiger partial charge >= 0.3 is 0 Å². The molecule has 0 aromatic rings. The summed E-state index contributed by atoms with van der Waals surface area (Å²) < 4.78 is 0. The maximum absolute atomic E-state index is 8.33. The first-order chi connectivity index (χ1) is 10.5. The lowest BCUT2D eigenvalue weighted by molar-refractivity contribution is -0.415. The van der Waals surface area contributed by atoms with Crippen LogP contribution in [-0.2, 0) is 9.78 Å². The molecule has 0 aliphatic carbocycles. The predicted molar refractivity (Wildman–Crippen MR) is 84.0 cm³/mol. The van der Waals surface area contributed by atoms with Gasteiger partial charge < -0.3 is 15.0 Å². The van der Waals surface area contributed by atoms with Gasteiger partial charge in [-0.2, -0.15) is 0 Å². The Bertz CT molecular complexity index is 211. The van der Waals surface area contributed by atoms with E-state index in [0.29, 0.717) is 0 Å². The van der Waals surface area contributed by atoms with E-state index in [2.05, 4.69) is 27.7 Å². The average Bonchev–Trinajstić information content (AvgIpc) is 2.48. The minimum absolute atomic E-state index is 0.289. The third kappa shape index (κ3) is 19.2. The molecule has 0 amide bonds. The third-order valence-electron chi connectivity index (χ3n) is 3.50. The average molecular weight is 318 g/mol. The van der Waals surface area contributed by atoms with E-state index in [4.69, 9.17) is 24.8 Å². The van der Waals surface area contributed by atoms with Crippen molar-refractivity contribution in [1.82, 2.24) is 0 Å². The first-order valence-electron chi connectivity index (χ1n) is 8.71. The van der Waals surface area contributed by atoms with E-state index in [0.717, 1.165) is 25.7 Å². The number of unbranched alkanes of at least 4 members (excludes halogenated alkanes) is 4. The molecule has 0 spiro atoms. The molecule has 2 unspecified atom stereocenters. The van der Waals surface area contributed by atoms with Crippen molar-refractivity contribution >= 4 is 6.16 Å². The van der Waals surface area contributed by atoms with Crippen molar-refractivity contribution in [3.8, 4) is 0 Å². The van der Waals surface area contributed by atoms with Crippen molar-refractivity contribution in [2.75, 3.05) is 0 Å². The monoisotopic (exact) mass is 318 g/mol. The molecule has 0 saturated heterocycles. The van der Waals surface area contributed by atoms with Crippen LogP contribution in [0.2, 0.25) is 0 Å². The Morgan fingerprint density at radius 3 is 1.32 bits per heavy atom. The van der Waals surface area contributed by atoms with Gasteiger partial charge in [-0.3, -0.25) is 0 Å². The van der Waals surface area contributed by atoms with E-state index in [1.807, 2.05) is 0 Å². The molecule has 0 rings (SSSR count). The number of hydrogen-bond donors (Lipinski definition) is 0. The highest BCUT2D eigenvalue weighted by molar-refractivity contribution is 5.47. The van der Waals surface area contributed by atoms with Crippen LogP contribution < -0.4 is 10.2 Å². The standard InChI is InChI=1S/C16H34O2.CH2O3/c1-5-9-11-13-15(7-3)17-18-16(8-4)14-12-10-6-2;2-1(3)4/h15-16H,5-14H2,1-4H3;(H2,2,3,4)/p-2. The maximum Gasteiger partial charge on any atom is 0.0927 e. The second-order valence-corrected chi connectivity index (χ2v) is 5.49. The van der Waals surface area contributed by atoms with Crippen LogP contribution in [0.1, 0.15) is 91.9 Å². The van der Waals surface area contributed by atoms with Crippen LogP contribution in [0.5, 0.6) is 0 Å². The van der Waals surface area contributed by atoms with Crippen molar-refractivity contribution < 1.29 is 24.8 Å². The number of carboxylic acid groups (broad SMARTS) is 2. The largest absolute Gasteiger partial charge is 0.652 e. The zero-order valence-corrected chi connectivity index (χ0v) is 14.8. The Balaban J connectivity index is 0. The summed E-state index contributed by atoms with van der Waals surface area (Å²) in [6.07, 6.45) is 10.3. The van der Waals surface area contributed by atoms with Gasteiger partial charge in [-0.05, 0) is 31.8 Å². The summed E-state index contributed by atoms with van der Waals surface area (Å²) in [6.45, 7) is 8.83. The van der Waals surface area contributed by atoms with Gasteiger partial charge in [-0.15, -0.1) is 0 Å². The van der Waals surface area contributed by atoms with E-state index < -0.39 is 6.16 Å². The Labute approximate surface area is 135 Å². The molecular weight excluding hydrogens is 284 g/mol. The topological polar surface area (TPSA) is 81.7 Å². The molecule has 2 atom stereocenters. The van der Waals surface area contributed by atoms with Crippen LogP contribution in [0.25, 0.3) is 0 Å². The van der Waals surface area contributed by atoms with Gasteiger partial charge in [0.05, 0.1) is 12.2 Å². The smallest absolute Gasteiger partial charge is 0.0927 e. The molecule has 0 saturated carbocycles. The van der Waals surface area contributed by atoms with Gasteiger partial charge in [0.25, 0.3) is 0 Å². The van der Waals surface area contributed by atoms with Gasteiger partial charge in [0.2, 0.25) is 0 Å². The molecule has 5 nitrogen and oxygen atoms in total. The normalized spacial score (nSPS) is 13.1.